The van der Waals surface area contributed by atoms with E-state index < -0.39 is 0 Å². The van der Waals surface area contributed by atoms with Crippen LogP contribution in [0.1, 0.15) is 63.0 Å². The molecule has 3 aromatic carbocycles. The molecule has 0 radical (unpaired) electrons. The van der Waals surface area contributed by atoms with Gasteiger partial charge in [-0.15, -0.1) is 0 Å². The van der Waals surface area contributed by atoms with Crippen molar-refractivity contribution in [1.29, 1.82) is 0 Å². The maximum atomic E-state index is 13.7. The van der Waals surface area contributed by atoms with E-state index in [1.807, 2.05) is 79.1 Å². The average Bonchev–Trinajstić information content (AvgIpc) is 3.78. The minimum absolute atomic E-state index is 0.0376. The number of carbonyl (C=O) groups excluding carboxylic acids is 2. The molecule has 1 aliphatic carbocycles. The zero-order valence-corrected chi connectivity index (χ0v) is 24.8. The van der Waals surface area contributed by atoms with Crippen LogP contribution in [0.5, 0.6) is 0 Å². The number of ether oxygens (including phenoxy) is 1. The molecule has 0 aliphatic heterocycles. The van der Waals surface area contributed by atoms with E-state index in [0.29, 0.717) is 12.5 Å². The Labute approximate surface area is 247 Å². The van der Waals surface area contributed by atoms with Crippen molar-refractivity contribution in [2.24, 2.45) is 0 Å². The first-order chi connectivity index (χ1) is 20.0. The fourth-order valence-electron chi connectivity index (χ4n) is 5.18. The predicted molar refractivity (Wildman–Crippen MR) is 165 cm³/mol. The molecule has 1 saturated carbocycles. The van der Waals surface area contributed by atoms with Crippen molar-refractivity contribution in [2.75, 3.05) is 12.3 Å². The van der Waals surface area contributed by atoms with Gasteiger partial charge in [0.2, 0.25) is 5.91 Å². The van der Waals surface area contributed by atoms with Gasteiger partial charge in [0.25, 0.3) is 0 Å². The van der Waals surface area contributed by atoms with Crippen molar-refractivity contribution < 1.29 is 14.3 Å². The number of amides is 1. The van der Waals surface area contributed by atoms with Gasteiger partial charge in [-0.1, -0.05) is 91.5 Å². The lowest BCUT2D eigenvalue weighted by Gasteiger charge is -2.26. The first-order valence-electron chi connectivity index (χ1n) is 14.7. The van der Waals surface area contributed by atoms with Gasteiger partial charge in [0.1, 0.15) is 6.54 Å². The number of benzene rings is 3. The van der Waals surface area contributed by atoms with Crippen molar-refractivity contribution >= 4 is 34.7 Å². The van der Waals surface area contributed by atoms with Gasteiger partial charge in [0.05, 0.1) is 17.1 Å². The monoisotopic (exact) mass is 569 g/mol. The number of hydrogen-bond donors (Lipinski definition) is 0. The summed E-state index contributed by atoms with van der Waals surface area (Å²) in [4.78, 5) is 33.2. The molecular weight excluding hydrogens is 530 g/mol. The molecule has 1 amide bonds. The van der Waals surface area contributed by atoms with E-state index in [-0.39, 0.29) is 30.4 Å². The number of thioether (sulfide) groups is 1. The van der Waals surface area contributed by atoms with Gasteiger partial charge < -0.3 is 14.2 Å². The van der Waals surface area contributed by atoms with Crippen LogP contribution in [-0.2, 0) is 20.9 Å². The number of aromatic nitrogens is 2. The Balaban J connectivity index is 1.23. The highest BCUT2D eigenvalue weighted by atomic mass is 32.2. The molecule has 0 saturated heterocycles. The van der Waals surface area contributed by atoms with Gasteiger partial charge in [0.15, 0.2) is 5.16 Å². The summed E-state index contributed by atoms with van der Waals surface area (Å²) in [5.74, 6) is 0.813. The molecule has 1 aromatic heterocycles. The summed E-state index contributed by atoms with van der Waals surface area (Å²) in [6, 6.07) is 28.9. The van der Waals surface area contributed by atoms with E-state index in [1.54, 1.807) is 11.8 Å². The molecule has 0 spiro atoms. The van der Waals surface area contributed by atoms with Crippen LogP contribution in [0.2, 0.25) is 0 Å². The van der Waals surface area contributed by atoms with Gasteiger partial charge in [-0.3, -0.25) is 9.59 Å². The maximum Gasteiger partial charge on any atom is 0.326 e. The van der Waals surface area contributed by atoms with E-state index in [2.05, 4.69) is 29.2 Å². The summed E-state index contributed by atoms with van der Waals surface area (Å²) in [5, 5.41) is 0.810. The summed E-state index contributed by atoms with van der Waals surface area (Å²) < 4.78 is 7.51. The van der Waals surface area contributed by atoms with Gasteiger partial charge in [-0.2, -0.15) is 0 Å². The lowest BCUT2D eigenvalue weighted by molar-refractivity contribution is -0.149. The number of rotatable bonds is 14. The first-order valence-corrected chi connectivity index (χ1v) is 15.7. The third kappa shape index (κ3) is 7.59. The summed E-state index contributed by atoms with van der Waals surface area (Å²) in [6.07, 6.45) is 4.15. The van der Waals surface area contributed by atoms with E-state index >= 15 is 0 Å². The number of nitrogens with zero attached hydrogens (tertiary/aromatic N) is 3. The molecule has 5 rings (SSSR count). The predicted octanol–water partition coefficient (Wildman–Crippen LogP) is 7.07. The van der Waals surface area contributed by atoms with E-state index in [4.69, 9.17) is 9.72 Å². The molecule has 6 nitrogen and oxygen atoms in total. The maximum absolute atomic E-state index is 13.7. The van der Waals surface area contributed by atoms with Gasteiger partial charge >= 0.3 is 5.97 Å². The molecular formula is C34H39N3O3S. The largest absolute Gasteiger partial charge is 0.461 e. The van der Waals surface area contributed by atoms with Crippen LogP contribution in [-0.4, -0.2) is 50.8 Å². The highest BCUT2D eigenvalue weighted by Gasteiger charge is 2.33. The second-order valence-corrected chi connectivity index (χ2v) is 11.8. The SMILES string of the molecule is CCC(C)OC(=O)Cn1c(SCCCN(C(=O)CC(c2ccccc2)c2ccccc2)C2CC2)nc2ccccc21. The Morgan fingerprint density at radius 2 is 1.61 bits per heavy atom. The molecule has 1 atom stereocenters. The lowest BCUT2D eigenvalue weighted by atomic mass is 9.88. The van der Waals surface area contributed by atoms with Crippen molar-refractivity contribution in [3.63, 3.8) is 0 Å². The van der Waals surface area contributed by atoms with E-state index in [9.17, 15) is 9.59 Å². The van der Waals surface area contributed by atoms with Crippen molar-refractivity contribution in [3.8, 4) is 0 Å². The van der Waals surface area contributed by atoms with Gasteiger partial charge in [-0.05, 0) is 55.9 Å². The molecule has 7 heteroatoms. The second-order valence-electron chi connectivity index (χ2n) is 10.8. The number of imidazole rings is 1. The molecule has 214 valence electrons. The normalized spacial score (nSPS) is 13.8. The van der Waals surface area contributed by atoms with Gasteiger partial charge in [-0.25, -0.2) is 4.98 Å². The van der Waals surface area contributed by atoms with E-state index in [1.165, 1.54) is 11.1 Å². The molecule has 4 aromatic rings. The Morgan fingerprint density at radius 3 is 2.24 bits per heavy atom. The minimum Gasteiger partial charge on any atom is -0.461 e. The van der Waals surface area contributed by atoms with Crippen LogP contribution in [0.4, 0.5) is 0 Å². The van der Waals surface area contributed by atoms with Crippen LogP contribution >= 0.6 is 11.8 Å². The molecule has 1 aliphatic rings. The highest BCUT2D eigenvalue weighted by molar-refractivity contribution is 7.99. The summed E-state index contributed by atoms with van der Waals surface area (Å²) >= 11 is 1.64. The van der Waals surface area contributed by atoms with Crippen molar-refractivity contribution in [2.45, 2.75) is 75.7 Å². The molecule has 41 heavy (non-hydrogen) atoms. The third-order valence-corrected chi connectivity index (χ3v) is 8.74. The van der Waals surface area contributed by atoms with Crippen LogP contribution < -0.4 is 0 Å². The quantitative estimate of drug-likeness (QED) is 0.0923. The van der Waals surface area contributed by atoms with Crippen molar-refractivity contribution in [1.82, 2.24) is 14.5 Å². The molecule has 1 unspecified atom stereocenters. The van der Waals surface area contributed by atoms with Crippen molar-refractivity contribution in [3.05, 3.63) is 96.1 Å². The van der Waals surface area contributed by atoms with Crippen LogP contribution in [0, 0.1) is 0 Å². The Kier molecular flexibility index (Phi) is 9.78. The topological polar surface area (TPSA) is 64.4 Å². The Hall–Kier alpha value is -3.58. The zero-order chi connectivity index (χ0) is 28.6. The molecule has 0 N–H and O–H groups in total. The summed E-state index contributed by atoms with van der Waals surface area (Å²) in [7, 11) is 0. The molecule has 0 bridgehead atoms. The lowest BCUT2D eigenvalue weighted by Crippen LogP contribution is -2.35. The summed E-state index contributed by atoms with van der Waals surface area (Å²) in [6.45, 7) is 4.78. The standard InChI is InChI=1S/C34H39N3O3S/c1-3-25(2)40-33(39)24-37-31-18-11-10-17-30(31)35-34(37)41-22-12-21-36(28-19-20-28)32(38)23-29(26-13-6-4-7-14-26)27-15-8-5-9-16-27/h4-11,13-18,25,28-29H,3,12,19-24H2,1-2H3. The fourth-order valence-corrected chi connectivity index (χ4v) is 6.11. The fraction of sp³-hybridized carbons (Fsp3) is 0.382. The third-order valence-electron chi connectivity index (χ3n) is 7.68. The smallest absolute Gasteiger partial charge is 0.326 e. The zero-order valence-electron chi connectivity index (χ0n) is 23.9. The molecule has 1 heterocycles. The minimum atomic E-state index is -0.249. The first kappa shape index (κ1) is 28.9. The Bertz CT molecular complexity index is 1400. The van der Waals surface area contributed by atoms with Crippen LogP contribution in [0.3, 0.4) is 0 Å². The number of carbonyl (C=O) groups is 2. The molecule has 1 fully saturated rings. The number of hydrogen-bond acceptors (Lipinski definition) is 5. The van der Waals surface area contributed by atoms with Crippen LogP contribution in [0.15, 0.2) is 90.1 Å². The average molecular weight is 570 g/mol. The number of esters is 1. The van der Waals surface area contributed by atoms with E-state index in [0.717, 1.165) is 54.2 Å². The Morgan fingerprint density at radius 1 is 0.976 bits per heavy atom. The number of fused-ring (bicyclic) bond motifs is 1. The number of para-hydroxylation sites is 2. The second kappa shape index (κ2) is 13.9. The summed E-state index contributed by atoms with van der Waals surface area (Å²) in [5.41, 5.74) is 4.14. The van der Waals surface area contributed by atoms with Crippen LogP contribution in [0.25, 0.3) is 11.0 Å². The van der Waals surface area contributed by atoms with Gasteiger partial charge in [0, 0.05) is 30.7 Å². The highest BCUT2D eigenvalue weighted by Crippen LogP contribution is 2.33.